The van der Waals surface area contributed by atoms with Crippen molar-refractivity contribution in [1.82, 2.24) is 0 Å². The zero-order valence-electron chi connectivity index (χ0n) is 15.6. The number of rotatable bonds is 2. The maximum atomic E-state index is 2.37. The molecule has 0 nitrogen and oxygen atoms in total. The molecule has 0 unspecified atom stereocenters. The topological polar surface area (TPSA) is 0 Å². The number of halogens is 2. The van der Waals surface area contributed by atoms with E-state index in [9.17, 15) is 0 Å². The molecule has 0 aliphatic heterocycles. The van der Waals surface area contributed by atoms with Crippen molar-refractivity contribution in [3.8, 4) is 22.3 Å². The van der Waals surface area contributed by atoms with Gasteiger partial charge in [-0.15, -0.1) is 0 Å². The summed E-state index contributed by atoms with van der Waals surface area (Å²) in [6, 6.07) is 36.4. The Morgan fingerprint density at radius 2 is 0.621 bits per heavy atom. The molecule has 140 valence electrons. The molecule has 0 amide bonds. The molecule has 0 N–H and O–H groups in total. The average molecular weight is 580 g/mol. The van der Waals surface area contributed by atoms with E-state index in [1.807, 2.05) is 0 Å². The third-order valence-corrected chi connectivity index (χ3v) is 12.9. The van der Waals surface area contributed by atoms with Crippen LogP contribution in [-0.4, -0.2) is 0 Å². The van der Waals surface area contributed by atoms with Crippen LogP contribution in [0.2, 0.25) is 0 Å². The molecule has 4 aromatic rings. The second-order valence-corrected chi connectivity index (χ2v) is 12.7. The minimum atomic E-state index is -1.11. The van der Waals surface area contributed by atoms with Gasteiger partial charge in [-0.1, -0.05) is 0 Å². The monoisotopic (exact) mass is 580 g/mol. The molecular formula is C26H18Cl2Hf. The van der Waals surface area contributed by atoms with E-state index < -0.39 is 22.9 Å². The van der Waals surface area contributed by atoms with Gasteiger partial charge in [0.25, 0.3) is 0 Å². The SMILES string of the molecule is [Cl-].[Cl-].c1ccc2c(c1)-c1ccccc1[CH]2[Hf+2][CH]1c2ccccc2-c2ccccc21. The van der Waals surface area contributed by atoms with Gasteiger partial charge >= 0.3 is 172 Å². The van der Waals surface area contributed by atoms with Gasteiger partial charge in [0.1, 0.15) is 0 Å². The molecule has 0 bridgehead atoms. The van der Waals surface area contributed by atoms with E-state index in [-0.39, 0.29) is 24.8 Å². The summed E-state index contributed by atoms with van der Waals surface area (Å²) in [7, 11) is 0. The van der Waals surface area contributed by atoms with Gasteiger partial charge in [-0.2, -0.15) is 0 Å². The molecule has 0 radical (unpaired) electrons. The van der Waals surface area contributed by atoms with Gasteiger partial charge in [-0.05, 0) is 0 Å². The third-order valence-electron chi connectivity index (χ3n) is 6.00. The first kappa shape index (κ1) is 20.6. The summed E-state index contributed by atoms with van der Waals surface area (Å²) in [6.07, 6.45) is 0. The van der Waals surface area contributed by atoms with Crippen LogP contribution in [0.15, 0.2) is 97.1 Å². The molecule has 0 heterocycles. The van der Waals surface area contributed by atoms with E-state index in [1.165, 1.54) is 22.3 Å². The Kier molecular flexibility index (Phi) is 5.84. The quantitative estimate of drug-likeness (QED) is 0.306. The zero-order chi connectivity index (χ0) is 17.8. The van der Waals surface area contributed by atoms with Crippen LogP contribution in [0, 0.1) is 0 Å². The molecule has 3 heteroatoms. The van der Waals surface area contributed by atoms with E-state index in [1.54, 1.807) is 22.3 Å². The molecule has 0 spiro atoms. The Balaban J connectivity index is 0.00000102. The van der Waals surface area contributed by atoms with Crippen LogP contribution in [0.1, 0.15) is 29.6 Å². The summed E-state index contributed by atoms with van der Waals surface area (Å²) in [4.78, 5) is 0. The maximum absolute atomic E-state index is 2.37. The first-order valence-corrected chi connectivity index (χ1v) is 13.7. The number of hydrogen-bond acceptors (Lipinski definition) is 0. The summed E-state index contributed by atoms with van der Waals surface area (Å²) < 4.78 is 1.31. The van der Waals surface area contributed by atoms with E-state index in [4.69, 9.17) is 0 Å². The standard InChI is InChI=1S/2C13H9.2ClH.Hf/c2*1-3-7-12-10(5-1)9-11-6-2-4-8-13(11)12;;;/h2*1-9H;2*1H;/q;;;;+2/p-2. The van der Waals surface area contributed by atoms with Crippen molar-refractivity contribution in [2.75, 3.05) is 0 Å². The molecule has 0 saturated carbocycles. The summed E-state index contributed by atoms with van der Waals surface area (Å²) in [5.41, 5.74) is 12.1. The summed E-state index contributed by atoms with van der Waals surface area (Å²) in [6.45, 7) is 0. The van der Waals surface area contributed by atoms with Gasteiger partial charge in [0.05, 0.1) is 0 Å². The fraction of sp³-hybridized carbons (Fsp3) is 0.0769. The Morgan fingerprint density at radius 1 is 0.379 bits per heavy atom. The molecule has 29 heavy (non-hydrogen) atoms. The molecule has 4 aromatic carbocycles. The zero-order valence-corrected chi connectivity index (χ0v) is 20.8. The molecule has 0 aromatic heterocycles. The van der Waals surface area contributed by atoms with Crippen molar-refractivity contribution in [3.05, 3.63) is 119 Å². The Morgan fingerprint density at radius 3 is 0.897 bits per heavy atom. The van der Waals surface area contributed by atoms with E-state index >= 15 is 0 Å². The van der Waals surface area contributed by atoms with Crippen LogP contribution >= 0.6 is 0 Å². The minimum absolute atomic E-state index is 0. The van der Waals surface area contributed by atoms with Crippen molar-refractivity contribution in [1.29, 1.82) is 0 Å². The molecule has 0 fully saturated rings. The van der Waals surface area contributed by atoms with Crippen LogP contribution in [-0.2, 0) is 22.9 Å². The van der Waals surface area contributed by atoms with Crippen molar-refractivity contribution in [2.45, 2.75) is 7.35 Å². The molecule has 0 atom stereocenters. The number of fused-ring (bicyclic) bond motifs is 6. The fourth-order valence-corrected chi connectivity index (χ4v) is 12.2. The van der Waals surface area contributed by atoms with Gasteiger partial charge in [0.2, 0.25) is 0 Å². The van der Waals surface area contributed by atoms with E-state index in [0.29, 0.717) is 7.35 Å². The molecular weight excluding hydrogens is 562 g/mol. The first-order chi connectivity index (χ1) is 13.4. The number of benzene rings is 4. The normalized spacial score (nSPS) is 13.2. The summed E-state index contributed by atoms with van der Waals surface area (Å²) >= 11 is -1.11. The molecule has 2 aliphatic carbocycles. The Bertz CT molecular complexity index is 1000. The van der Waals surface area contributed by atoms with Gasteiger partial charge in [0.15, 0.2) is 0 Å². The van der Waals surface area contributed by atoms with Gasteiger partial charge in [-0.3, -0.25) is 0 Å². The summed E-state index contributed by atoms with van der Waals surface area (Å²) in [5, 5.41) is 0. The summed E-state index contributed by atoms with van der Waals surface area (Å²) in [5.74, 6) is 0. The van der Waals surface area contributed by atoms with Gasteiger partial charge in [0, 0.05) is 0 Å². The van der Waals surface area contributed by atoms with E-state index in [0.717, 1.165) is 0 Å². The second-order valence-electron chi connectivity index (χ2n) is 7.38. The predicted octanol–water partition coefficient (Wildman–Crippen LogP) is 0.617. The first-order valence-electron chi connectivity index (χ1n) is 9.54. The third kappa shape index (κ3) is 3.15. The molecule has 2 aliphatic rings. The van der Waals surface area contributed by atoms with Crippen LogP contribution in [0.4, 0.5) is 0 Å². The Hall–Kier alpha value is -1.67. The van der Waals surface area contributed by atoms with Crippen molar-refractivity contribution >= 4 is 0 Å². The van der Waals surface area contributed by atoms with Crippen LogP contribution in [0.3, 0.4) is 0 Å². The van der Waals surface area contributed by atoms with Crippen LogP contribution < -0.4 is 24.8 Å². The van der Waals surface area contributed by atoms with Crippen LogP contribution in [0.5, 0.6) is 0 Å². The van der Waals surface area contributed by atoms with E-state index in [2.05, 4.69) is 97.1 Å². The number of hydrogen-bond donors (Lipinski definition) is 0. The van der Waals surface area contributed by atoms with Crippen molar-refractivity contribution in [3.63, 3.8) is 0 Å². The molecule has 0 saturated heterocycles. The Labute approximate surface area is 195 Å². The second kappa shape index (κ2) is 8.22. The fourth-order valence-electron chi connectivity index (χ4n) is 4.84. The van der Waals surface area contributed by atoms with Gasteiger partial charge < -0.3 is 24.8 Å². The van der Waals surface area contributed by atoms with Crippen molar-refractivity contribution < 1.29 is 47.7 Å². The van der Waals surface area contributed by atoms with Crippen molar-refractivity contribution in [2.24, 2.45) is 0 Å². The molecule has 6 rings (SSSR count). The predicted molar refractivity (Wildman–Crippen MR) is 107 cm³/mol. The average Bonchev–Trinajstić information content (AvgIpc) is 3.23. The van der Waals surface area contributed by atoms with Gasteiger partial charge in [-0.25, -0.2) is 0 Å². The van der Waals surface area contributed by atoms with Crippen LogP contribution in [0.25, 0.3) is 22.3 Å².